The third kappa shape index (κ3) is 5.43. The smallest absolute Gasteiger partial charge is 0.353 e. The number of carbonyl (C=O) groups excluding carboxylic acids is 2. The van der Waals surface area contributed by atoms with Gasteiger partial charge in [-0.05, 0) is 11.6 Å². The third-order valence-electron chi connectivity index (χ3n) is 4.88. The summed E-state index contributed by atoms with van der Waals surface area (Å²) in [5, 5.41) is 2.69. The summed E-state index contributed by atoms with van der Waals surface area (Å²) in [4.78, 5) is 29.4. The molecule has 1 aromatic carbocycles. The summed E-state index contributed by atoms with van der Waals surface area (Å²) in [5.41, 5.74) is 0.00322. The van der Waals surface area contributed by atoms with Crippen LogP contribution >= 0.6 is 0 Å². The zero-order chi connectivity index (χ0) is 19.4. The molecule has 0 aliphatic carbocycles. The van der Waals surface area contributed by atoms with Gasteiger partial charge in [-0.1, -0.05) is 18.2 Å². The molecule has 0 aromatic heterocycles. The maximum atomic E-state index is 12.8. The second-order valence-corrected chi connectivity index (χ2v) is 6.92. The summed E-state index contributed by atoms with van der Waals surface area (Å²) in [6.07, 6.45) is -4.33. The van der Waals surface area contributed by atoms with E-state index in [2.05, 4.69) is 10.2 Å². The van der Waals surface area contributed by atoms with Crippen LogP contribution in [0.4, 0.5) is 13.2 Å². The molecule has 0 atom stereocenters. The van der Waals surface area contributed by atoms with E-state index in [9.17, 15) is 22.8 Å². The summed E-state index contributed by atoms with van der Waals surface area (Å²) in [6.45, 7) is 4.55. The zero-order valence-electron chi connectivity index (χ0n) is 15.0. The van der Waals surface area contributed by atoms with Crippen molar-refractivity contribution in [2.75, 3.05) is 52.4 Å². The molecule has 148 valence electrons. The van der Waals surface area contributed by atoms with Crippen LogP contribution in [-0.4, -0.2) is 78.9 Å². The number of nitrogens with one attached hydrogen (secondary N) is 1. The van der Waals surface area contributed by atoms with Gasteiger partial charge in [-0.3, -0.25) is 19.4 Å². The molecule has 3 rings (SSSR count). The van der Waals surface area contributed by atoms with Gasteiger partial charge in [0, 0.05) is 45.8 Å². The summed E-state index contributed by atoms with van der Waals surface area (Å²) in [7, 11) is 0. The highest BCUT2D eigenvalue weighted by Crippen LogP contribution is 2.29. The van der Waals surface area contributed by atoms with Crippen LogP contribution in [0, 0.1) is 0 Å². The van der Waals surface area contributed by atoms with Crippen LogP contribution in [0.2, 0.25) is 0 Å². The lowest BCUT2D eigenvalue weighted by atomic mass is 10.1. The number of benzene rings is 1. The Balaban J connectivity index is 1.46. The summed E-state index contributed by atoms with van der Waals surface area (Å²) in [5.74, 6) is -0.198. The van der Waals surface area contributed by atoms with Gasteiger partial charge in [-0.2, -0.15) is 13.2 Å². The fourth-order valence-electron chi connectivity index (χ4n) is 3.35. The predicted molar refractivity (Wildman–Crippen MR) is 92.8 cm³/mol. The largest absolute Gasteiger partial charge is 0.416 e. The molecule has 6 nitrogen and oxygen atoms in total. The standard InChI is InChI=1S/C18H23F3N4O2/c19-18(20,21)15-3-1-2-14(10-15)11-23-6-8-24(9-7-23)13-17(27)25-5-4-22-16(26)12-25/h1-3,10H,4-9,11-13H2,(H,22,26). The Bertz CT molecular complexity index is 687. The van der Waals surface area contributed by atoms with Crippen molar-refractivity contribution < 1.29 is 22.8 Å². The molecular formula is C18H23F3N4O2. The van der Waals surface area contributed by atoms with Gasteiger partial charge >= 0.3 is 6.18 Å². The molecule has 27 heavy (non-hydrogen) atoms. The van der Waals surface area contributed by atoms with Crippen LogP contribution in [0.15, 0.2) is 24.3 Å². The highest BCUT2D eigenvalue weighted by Gasteiger charge is 2.30. The lowest BCUT2D eigenvalue weighted by Gasteiger charge is -2.36. The zero-order valence-corrected chi connectivity index (χ0v) is 15.0. The van der Waals surface area contributed by atoms with Crippen molar-refractivity contribution in [3.8, 4) is 0 Å². The molecule has 0 spiro atoms. The minimum Gasteiger partial charge on any atom is -0.353 e. The Kier molecular flexibility index (Phi) is 6.01. The molecule has 2 aliphatic heterocycles. The van der Waals surface area contributed by atoms with Crippen molar-refractivity contribution in [2.45, 2.75) is 12.7 Å². The number of piperazine rings is 2. The molecule has 2 heterocycles. The van der Waals surface area contributed by atoms with Gasteiger partial charge in [-0.15, -0.1) is 0 Å². The van der Waals surface area contributed by atoms with Crippen molar-refractivity contribution >= 4 is 11.8 Å². The van der Waals surface area contributed by atoms with Gasteiger partial charge in [0.15, 0.2) is 0 Å². The predicted octanol–water partition coefficient (Wildman–Crippen LogP) is 0.781. The maximum absolute atomic E-state index is 12.8. The quantitative estimate of drug-likeness (QED) is 0.834. The molecule has 1 N–H and O–H groups in total. The fourth-order valence-corrected chi connectivity index (χ4v) is 3.35. The van der Waals surface area contributed by atoms with E-state index >= 15 is 0 Å². The lowest BCUT2D eigenvalue weighted by molar-refractivity contribution is -0.139. The van der Waals surface area contributed by atoms with E-state index in [0.717, 1.165) is 6.07 Å². The Labute approximate surface area is 155 Å². The average Bonchev–Trinajstić information content (AvgIpc) is 2.63. The topological polar surface area (TPSA) is 55.9 Å². The Morgan fingerprint density at radius 1 is 1.07 bits per heavy atom. The summed E-state index contributed by atoms with van der Waals surface area (Å²) < 4.78 is 38.4. The van der Waals surface area contributed by atoms with Crippen molar-refractivity contribution in [2.24, 2.45) is 0 Å². The molecule has 0 bridgehead atoms. The Hall–Kier alpha value is -2.13. The average molecular weight is 384 g/mol. The number of rotatable bonds is 4. The minimum atomic E-state index is -4.33. The van der Waals surface area contributed by atoms with E-state index < -0.39 is 11.7 Å². The normalized spacial score (nSPS) is 19.8. The number of carbonyl (C=O) groups is 2. The van der Waals surface area contributed by atoms with Gasteiger partial charge in [0.25, 0.3) is 0 Å². The van der Waals surface area contributed by atoms with Crippen LogP contribution in [0.1, 0.15) is 11.1 Å². The second-order valence-electron chi connectivity index (χ2n) is 6.92. The molecule has 0 saturated carbocycles. The SMILES string of the molecule is O=C1CN(C(=O)CN2CCN(Cc3cccc(C(F)(F)F)c3)CC2)CCN1. The molecule has 9 heteroatoms. The van der Waals surface area contributed by atoms with Crippen LogP contribution < -0.4 is 5.32 Å². The molecule has 2 saturated heterocycles. The van der Waals surface area contributed by atoms with Crippen LogP contribution in [-0.2, 0) is 22.3 Å². The van der Waals surface area contributed by atoms with Gasteiger partial charge < -0.3 is 10.2 Å². The number of hydrogen-bond acceptors (Lipinski definition) is 4. The van der Waals surface area contributed by atoms with Gasteiger partial charge in [0.2, 0.25) is 11.8 Å². The van der Waals surface area contributed by atoms with E-state index in [0.29, 0.717) is 51.4 Å². The monoisotopic (exact) mass is 384 g/mol. The highest BCUT2D eigenvalue weighted by atomic mass is 19.4. The highest BCUT2D eigenvalue weighted by molar-refractivity contribution is 5.86. The van der Waals surface area contributed by atoms with Crippen molar-refractivity contribution in [1.29, 1.82) is 0 Å². The minimum absolute atomic E-state index is 0.0591. The van der Waals surface area contributed by atoms with Gasteiger partial charge in [-0.25, -0.2) is 0 Å². The number of halogens is 3. The fraction of sp³-hybridized carbons (Fsp3) is 0.556. The van der Waals surface area contributed by atoms with Crippen LogP contribution in [0.5, 0.6) is 0 Å². The second kappa shape index (κ2) is 8.26. The van der Waals surface area contributed by atoms with Crippen molar-refractivity contribution in [3.05, 3.63) is 35.4 Å². The number of alkyl halides is 3. The lowest BCUT2D eigenvalue weighted by Crippen LogP contribution is -2.54. The number of amides is 2. The van der Waals surface area contributed by atoms with Crippen molar-refractivity contribution in [1.82, 2.24) is 20.0 Å². The van der Waals surface area contributed by atoms with Crippen LogP contribution in [0.3, 0.4) is 0 Å². The van der Waals surface area contributed by atoms with E-state index in [1.807, 2.05) is 4.90 Å². The van der Waals surface area contributed by atoms with Gasteiger partial charge in [0.05, 0.1) is 18.7 Å². The molecular weight excluding hydrogens is 361 g/mol. The first-order valence-corrected chi connectivity index (χ1v) is 8.96. The van der Waals surface area contributed by atoms with E-state index in [1.54, 1.807) is 11.0 Å². The molecule has 0 unspecified atom stereocenters. The maximum Gasteiger partial charge on any atom is 0.416 e. The van der Waals surface area contributed by atoms with Gasteiger partial charge in [0.1, 0.15) is 0 Å². The first-order chi connectivity index (χ1) is 12.8. The molecule has 1 aromatic rings. The number of nitrogens with zero attached hydrogens (tertiary/aromatic N) is 3. The first kappa shape index (κ1) is 19.6. The first-order valence-electron chi connectivity index (χ1n) is 8.96. The Morgan fingerprint density at radius 2 is 1.78 bits per heavy atom. The van der Waals surface area contributed by atoms with Crippen molar-refractivity contribution in [3.63, 3.8) is 0 Å². The molecule has 2 amide bonds. The number of hydrogen-bond donors (Lipinski definition) is 1. The van der Waals surface area contributed by atoms with Crippen LogP contribution in [0.25, 0.3) is 0 Å². The third-order valence-corrected chi connectivity index (χ3v) is 4.88. The summed E-state index contributed by atoms with van der Waals surface area (Å²) >= 11 is 0. The molecule has 2 aliphatic rings. The molecule has 0 radical (unpaired) electrons. The Morgan fingerprint density at radius 3 is 2.44 bits per heavy atom. The van der Waals surface area contributed by atoms with E-state index in [4.69, 9.17) is 0 Å². The summed E-state index contributed by atoms with van der Waals surface area (Å²) in [6, 6.07) is 5.40. The van der Waals surface area contributed by atoms with E-state index in [-0.39, 0.29) is 24.9 Å². The van der Waals surface area contributed by atoms with E-state index in [1.165, 1.54) is 12.1 Å². The molecule has 2 fully saturated rings.